The lowest BCUT2D eigenvalue weighted by Crippen LogP contribution is -2.36. The van der Waals surface area contributed by atoms with Crippen LogP contribution in [0.1, 0.15) is 20.3 Å². The molecular formula is C13H19FN2O2S2. The minimum absolute atomic E-state index is 0.0545. The lowest BCUT2D eigenvalue weighted by molar-refractivity contribution is 0.374. The van der Waals surface area contributed by atoms with E-state index in [0.29, 0.717) is 13.0 Å². The number of halogens is 1. The second-order valence-electron chi connectivity index (χ2n) is 4.93. The summed E-state index contributed by atoms with van der Waals surface area (Å²) >= 11 is 4.78. The van der Waals surface area contributed by atoms with E-state index in [1.54, 1.807) is 0 Å². The van der Waals surface area contributed by atoms with E-state index in [2.05, 4.69) is 0 Å². The summed E-state index contributed by atoms with van der Waals surface area (Å²) in [6.07, 6.45) is 0.302. The highest BCUT2D eigenvalue weighted by Gasteiger charge is 2.25. The van der Waals surface area contributed by atoms with E-state index < -0.39 is 15.8 Å². The van der Waals surface area contributed by atoms with Gasteiger partial charge in [-0.1, -0.05) is 32.1 Å². The Balaban J connectivity index is 3.06. The van der Waals surface area contributed by atoms with Gasteiger partial charge in [0.1, 0.15) is 5.82 Å². The van der Waals surface area contributed by atoms with Gasteiger partial charge in [-0.15, -0.1) is 0 Å². The summed E-state index contributed by atoms with van der Waals surface area (Å²) in [5.74, 6) is -0.436. The first-order valence-electron chi connectivity index (χ1n) is 6.27. The predicted octanol–water partition coefficient (Wildman–Crippen LogP) is 2.15. The lowest BCUT2D eigenvalue weighted by atomic mass is 10.2. The summed E-state index contributed by atoms with van der Waals surface area (Å²) in [6, 6.07) is 4.99. The quantitative estimate of drug-likeness (QED) is 0.783. The van der Waals surface area contributed by atoms with Crippen LogP contribution in [0.15, 0.2) is 29.2 Å². The van der Waals surface area contributed by atoms with E-state index in [9.17, 15) is 12.8 Å². The maximum Gasteiger partial charge on any atom is 0.243 e. The van der Waals surface area contributed by atoms with Crippen LogP contribution in [0.2, 0.25) is 0 Å². The maximum atomic E-state index is 13.2. The number of thiocarbonyl (C=S) groups is 1. The summed E-state index contributed by atoms with van der Waals surface area (Å²) in [5.41, 5.74) is 5.43. The van der Waals surface area contributed by atoms with Crippen molar-refractivity contribution in [3.8, 4) is 0 Å². The molecule has 7 heteroatoms. The molecule has 0 saturated heterocycles. The number of nitrogens with zero attached hydrogens (tertiary/aromatic N) is 1. The first-order valence-corrected chi connectivity index (χ1v) is 8.12. The highest BCUT2D eigenvalue weighted by molar-refractivity contribution is 7.89. The van der Waals surface area contributed by atoms with E-state index in [-0.39, 0.29) is 22.3 Å². The zero-order valence-corrected chi connectivity index (χ0v) is 13.2. The summed E-state index contributed by atoms with van der Waals surface area (Å²) < 4.78 is 39.5. The van der Waals surface area contributed by atoms with Gasteiger partial charge in [-0.3, -0.25) is 0 Å². The lowest BCUT2D eigenvalue weighted by Gasteiger charge is -2.23. The Morgan fingerprint density at radius 1 is 1.45 bits per heavy atom. The number of hydrogen-bond donors (Lipinski definition) is 1. The van der Waals surface area contributed by atoms with Crippen molar-refractivity contribution in [2.75, 3.05) is 13.1 Å². The van der Waals surface area contributed by atoms with Crippen molar-refractivity contribution < 1.29 is 12.8 Å². The normalized spacial score (nSPS) is 12.1. The predicted molar refractivity (Wildman–Crippen MR) is 81.4 cm³/mol. The molecule has 0 aliphatic rings. The van der Waals surface area contributed by atoms with E-state index in [1.165, 1.54) is 22.5 Å². The molecule has 0 spiro atoms. The van der Waals surface area contributed by atoms with E-state index in [0.717, 1.165) is 6.07 Å². The van der Waals surface area contributed by atoms with Crippen LogP contribution in [-0.4, -0.2) is 30.8 Å². The van der Waals surface area contributed by atoms with Crippen LogP contribution in [0.3, 0.4) is 0 Å². The van der Waals surface area contributed by atoms with Gasteiger partial charge in [-0.25, -0.2) is 12.8 Å². The van der Waals surface area contributed by atoms with E-state index in [1.807, 2.05) is 13.8 Å². The second kappa shape index (κ2) is 7.10. The summed E-state index contributed by atoms with van der Waals surface area (Å²) in [4.78, 5) is 0.203. The monoisotopic (exact) mass is 318 g/mol. The Hall–Kier alpha value is -1.05. The molecule has 0 bridgehead atoms. The second-order valence-corrected chi connectivity index (χ2v) is 7.39. The van der Waals surface area contributed by atoms with Crippen LogP contribution < -0.4 is 5.73 Å². The highest BCUT2D eigenvalue weighted by atomic mass is 32.2. The Morgan fingerprint density at radius 2 is 2.10 bits per heavy atom. The smallest absolute Gasteiger partial charge is 0.243 e. The molecule has 0 atom stereocenters. The van der Waals surface area contributed by atoms with Crippen molar-refractivity contribution in [2.45, 2.75) is 25.2 Å². The summed E-state index contributed by atoms with van der Waals surface area (Å²) in [7, 11) is -3.74. The Morgan fingerprint density at radius 3 is 2.60 bits per heavy atom. The van der Waals surface area contributed by atoms with Crippen LogP contribution in [0.5, 0.6) is 0 Å². The Kier molecular flexibility index (Phi) is 6.04. The molecule has 0 fully saturated rings. The first-order chi connectivity index (χ1) is 9.23. The van der Waals surface area contributed by atoms with Crippen LogP contribution in [-0.2, 0) is 10.0 Å². The molecule has 0 heterocycles. The van der Waals surface area contributed by atoms with Gasteiger partial charge < -0.3 is 5.73 Å². The third-order valence-electron chi connectivity index (χ3n) is 2.61. The van der Waals surface area contributed by atoms with Crippen LogP contribution >= 0.6 is 12.2 Å². The fourth-order valence-corrected chi connectivity index (χ4v) is 3.46. The third-order valence-corrected chi connectivity index (χ3v) is 4.68. The molecule has 1 rings (SSSR count). The van der Waals surface area contributed by atoms with Gasteiger partial charge in [0, 0.05) is 19.5 Å². The molecule has 0 aromatic heterocycles. The molecule has 0 saturated carbocycles. The molecule has 1 aromatic carbocycles. The molecule has 0 aliphatic heterocycles. The fraction of sp³-hybridized carbons (Fsp3) is 0.462. The van der Waals surface area contributed by atoms with Crippen molar-refractivity contribution in [3.05, 3.63) is 30.1 Å². The number of sulfonamides is 1. The fourth-order valence-electron chi connectivity index (χ4n) is 1.73. The molecular weight excluding hydrogens is 299 g/mol. The number of hydrogen-bond acceptors (Lipinski definition) is 3. The average Bonchev–Trinajstić information content (AvgIpc) is 2.33. The van der Waals surface area contributed by atoms with Gasteiger partial charge >= 0.3 is 0 Å². The van der Waals surface area contributed by atoms with Gasteiger partial charge in [0.05, 0.1) is 9.88 Å². The average molecular weight is 318 g/mol. The molecule has 1 aromatic rings. The maximum absolute atomic E-state index is 13.2. The van der Waals surface area contributed by atoms with Gasteiger partial charge in [-0.2, -0.15) is 4.31 Å². The third kappa shape index (κ3) is 4.81. The van der Waals surface area contributed by atoms with E-state index >= 15 is 0 Å². The van der Waals surface area contributed by atoms with Crippen molar-refractivity contribution in [1.29, 1.82) is 0 Å². The number of nitrogens with two attached hydrogens (primary N) is 1. The SMILES string of the molecule is CC(C)CN(CCC(N)=S)S(=O)(=O)c1cccc(F)c1. The minimum atomic E-state index is -3.74. The van der Waals surface area contributed by atoms with Gasteiger partial charge in [0.15, 0.2) is 0 Å². The van der Waals surface area contributed by atoms with Crippen molar-refractivity contribution >= 4 is 27.2 Å². The van der Waals surface area contributed by atoms with Crippen LogP contribution in [0.4, 0.5) is 4.39 Å². The summed E-state index contributed by atoms with van der Waals surface area (Å²) in [6.45, 7) is 4.36. The van der Waals surface area contributed by atoms with Crippen molar-refractivity contribution in [1.82, 2.24) is 4.31 Å². The topological polar surface area (TPSA) is 63.4 Å². The summed E-state index contributed by atoms with van der Waals surface area (Å²) in [5, 5.41) is 0. The van der Waals surface area contributed by atoms with Crippen molar-refractivity contribution in [3.63, 3.8) is 0 Å². The Bertz CT molecular complexity index is 573. The van der Waals surface area contributed by atoms with Gasteiger partial charge in [-0.05, 0) is 24.1 Å². The van der Waals surface area contributed by atoms with Crippen molar-refractivity contribution in [2.24, 2.45) is 11.7 Å². The standard InChI is InChI=1S/C13H19FN2O2S2/c1-10(2)9-16(7-6-13(15)19)20(17,18)12-5-3-4-11(14)8-12/h3-5,8,10H,6-7,9H2,1-2H3,(H2,15,19). The highest BCUT2D eigenvalue weighted by Crippen LogP contribution is 2.18. The molecule has 0 aliphatic carbocycles. The van der Waals surface area contributed by atoms with Crippen LogP contribution in [0, 0.1) is 11.7 Å². The van der Waals surface area contributed by atoms with Crippen LogP contribution in [0.25, 0.3) is 0 Å². The molecule has 112 valence electrons. The zero-order chi connectivity index (χ0) is 15.3. The molecule has 0 unspecified atom stereocenters. The molecule has 0 amide bonds. The molecule has 0 radical (unpaired) electrons. The van der Waals surface area contributed by atoms with E-state index in [4.69, 9.17) is 18.0 Å². The first kappa shape index (κ1) is 17.0. The number of rotatable bonds is 7. The zero-order valence-electron chi connectivity index (χ0n) is 11.5. The molecule has 20 heavy (non-hydrogen) atoms. The van der Waals surface area contributed by atoms with Gasteiger partial charge in [0.2, 0.25) is 10.0 Å². The Labute approximate surface area is 124 Å². The minimum Gasteiger partial charge on any atom is -0.393 e. The largest absolute Gasteiger partial charge is 0.393 e. The van der Waals surface area contributed by atoms with Gasteiger partial charge in [0.25, 0.3) is 0 Å². The molecule has 2 N–H and O–H groups in total. The molecule has 4 nitrogen and oxygen atoms in total. The number of benzene rings is 1.